The van der Waals surface area contributed by atoms with Crippen molar-refractivity contribution in [3.63, 3.8) is 0 Å². The minimum atomic E-state index is -3.42. The zero-order chi connectivity index (χ0) is 13.1. The predicted octanol–water partition coefficient (Wildman–Crippen LogP) is 2.26. The van der Waals surface area contributed by atoms with E-state index in [0.29, 0.717) is 13.0 Å². The van der Waals surface area contributed by atoms with Gasteiger partial charge in [-0.25, -0.2) is 0 Å². The van der Waals surface area contributed by atoms with Crippen LogP contribution in [0.3, 0.4) is 0 Å². The zero-order valence-electron chi connectivity index (χ0n) is 10.6. The van der Waals surface area contributed by atoms with Gasteiger partial charge in [0.2, 0.25) is 0 Å². The second-order valence-electron chi connectivity index (χ2n) is 3.77. The average Bonchev–Trinajstić information content (AvgIpc) is 2.26. The molecule has 0 aliphatic carbocycles. The van der Waals surface area contributed by atoms with Crippen molar-refractivity contribution >= 4 is 7.60 Å². The molecule has 0 aromatic carbocycles. The first-order chi connectivity index (χ1) is 8.02. The van der Waals surface area contributed by atoms with E-state index in [0.717, 1.165) is 25.0 Å². The van der Waals surface area contributed by atoms with Crippen LogP contribution in [0, 0.1) is 0 Å². The Morgan fingerprint density at radius 3 is 2.71 bits per heavy atom. The lowest BCUT2D eigenvalue weighted by Crippen LogP contribution is -2.08. The first kappa shape index (κ1) is 16.6. The van der Waals surface area contributed by atoms with Crippen LogP contribution in [0.5, 0.6) is 0 Å². The minimum Gasteiger partial charge on any atom is -0.499 e. The maximum atomic E-state index is 11.4. The van der Waals surface area contributed by atoms with Crippen LogP contribution in [0.25, 0.3) is 0 Å². The molecule has 0 spiro atoms. The molecule has 0 fully saturated rings. The van der Waals surface area contributed by atoms with Gasteiger partial charge in [-0.2, -0.15) is 0 Å². The van der Waals surface area contributed by atoms with Crippen LogP contribution in [0.15, 0.2) is 12.3 Å². The van der Waals surface area contributed by atoms with Crippen molar-refractivity contribution in [1.29, 1.82) is 0 Å². The number of allylic oxidation sites excluding steroid dienone is 1. The summed E-state index contributed by atoms with van der Waals surface area (Å²) in [7, 11) is -3.42. The molecule has 0 aromatic rings. The molecule has 5 nitrogen and oxygen atoms in total. The van der Waals surface area contributed by atoms with Gasteiger partial charge in [-0.15, -0.1) is 0 Å². The first-order valence-electron chi connectivity index (χ1n) is 5.99. The summed E-state index contributed by atoms with van der Waals surface area (Å²) in [5.74, 6) is 0.777. The molecule has 0 heterocycles. The van der Waals surface area contributed by atoms with E-state index >= 15 is 0 Å². The van der Waals surface area contributed by atoms with Crippen LogP contribution in [0.1, 0.15) is 32.6 Å². The van der Waals surface area contributed by atoms with E-state index in [1.807, 2.05) is 6.92 Å². The highest BCUT2D eigenvalue weighted by atomic mass is 31.2. The fraction of sp³-hybridized carbons (Fsp3) is 0.818. The van der Waals surface area contributed by atoms with Crippen LogP contribution in [0.4, 0.5) is 0 Å². The molecule has 0 aromatic heterocycles. The highest BCUT2D eigenvalue weighted by molar-refractivity contribution is 7.52. The molecule has 0 saturated carbocycles. The smallest absolute Gasteiger partial charge is 0.328 e. The summed E-state index contributed by atoms with van der Waals surface area (Å²) in [5.41, 5.74) is 5.19. The summed E-state index contributed by atoms with van der Waals surface area (Å²) in [6.45, 7) is 6.72. The maximum absolute atomic E-state index is 11.4. The van der Waals surface area contributed by atoms with Crippen molar-refractivity contribution in [2.24, 2.45) is 5.73 Å². The van der Waals surface area contributed by atoms with Gasteiger partial charge in [0, 0.05) is 19.1 Å². The van der Waals surface area contributed by atoms with E-state index in [4.69, 9.17) is 15.0 Å². The Morgan fingerprint density at radius 2 is 2.12 bits per heavy atom. The van der Waals surface area contributed by atoms with Gasteiger partial charge in [0.25, 0.3) is 0 Å². The minimum absolute atomic E-state index is 0.134. The number of hydrogen-bond acceptors (Lipinski definition) is 4. The number of rotatable bonds is 11. The highest BCUT2D eigenvalue weighted by Crippen LogP contribution is 2.42. The lowest BCUT2D eigenvalue weighted by Gasteiger charge is -2.11. The average molecular weight is 265 g/mol. The largest absolute Gasteiger partial charge is 0.499 e. The van der Waals surface area contributed by atoms with Gasteiger partial charge in [0.05, 0.1) is 19.0 Å². The van der Waals surface area contributed by atoms with Crippen molar-refractivity contribution in [3.05, 3.63) is 12.3 Å². The maximum Gasteiger partial charge on any atom is 0.328 e. The molecule has 0 aliphatic heterocycles. The Hall–Kier alpha value is -0.350. The second-order valence-corrected chi connectivity index (χ2v) is 5.75. The highest BCUT2D eigenvalue weighted by Gasteiger charge is 2.17. The molecule has 6 heteroatoms. The normalized spacial score (nSPS) is 14.3. The molecule has 0 radical (unpaired) electrons. The van der Waals surface area contributed by atoms with Crippen molar-refractivity contribution < 1.29 is 18.7 Å². The van der Waals surface area contributed by atoms with Crippen molar-refractivity contribution in [2.75, 3.05) is 25.9 Å². The molecule has 1 unspecified atom stereocenters. The first-order valence-corrected chi connectivity index (χ1v) is 7.75. The third kappa shape index (κ3) is 10.5. The predicted molar refractivity (Wildman–Crippen MR) is 68.9 cm³/mol. The Balaban J connectivity index is 3.50. The fourth-order valence-electron chi connectivity index (χ4n) is 1.35. The third-order valence-electron chi connectivity index (χ3n) is 2.16. The molecule has 1 atom stereocenters. The van der Waals surface area contributed by atoms with Gasteiger partial charge >= 0.3 is 7.60 Å². The number of hydrogen-bond donors (Lipinski definition) is 2. The van der Waals surface area contributed by atoms with Gasteiger partial charge < -0.3 is 19.9 Å². The number of nitrogens with two attached hydrogens (primary N) is 1. The summed E-state index contributed by atoms with van der Waals surface area (Å²) < 4.78 is 21.4. The van der Waals surface area contributed by atoms with E-state index in [1.54, 1.807) is 0 Å². The Kier molecular flexibility index (Phi) is 9.46. The van der Waals surface area contributed by atoms with Crippen molar-refractivity contribution in [3.8, 4) is 0 Å². The molecule has 0 aliphatic rings. The van der Waals surface area contributed by atoms with E-state index in [9.17, 15) is 9.46 Å². The van der Waals surface area contributed by atoms with E-state index < -0.39 is 7.60 Å². The van der Waals surface area contributed by atoms with Crippen LogP contribution in [-0.2, 0) is 13.8 Å². The number of unbranched alkanes of at least 4 members (excludes halogenated alkanes) is 2. The Morgan fingerprint density at radius 1 is 1.41 bits per heavy atom. The lowest BCUT2D eigenvalue weighted by atomic mass is 10.2. The monoisotopic (exact) mass is 265 g/mol. The summed E-state index contributed by atoms with van der Waals surface area (Å²) in [6.07, 6.45) is 3.43. The molecule has 0 bridgehead atoms. The van der Waals surface area contributed by atoms with Crippen LogP contribution < -0.4 is 5.73 Å². The number of ether oxygens (including phenoxy) is 1. The van der Waals surface area contributed by atoms with E-state index in [1.165, 1.54) is 0 Å². The SMILES string of the molecule is C=C(CCCCCP(=O)(O)OCCN)OCC. The molecular weight excluding hydrogens is 241 g/mol. The van der Waals surface area contributed by atoms with Crippen molar-refractivity contribution in [1.82, 2.24) is 0 Å². The zero-order valence-corrected chi connectivity index (χ0v) is 11.5. The van der Waals surface area contributed by atoms with E-state index in [2.05, 4.69) is 6.58 Å². The van der Waals surface area contributed by atoms with Gasteiger partial charge in [0.1, 0.15) is 0 Å². The van der Waals surface area contributed by atoms with Crippen molar-refractivity contribution in [2.45, 2.75) is 32.6 Å². The topological polar surface area (TPSA) is 81.8 Å². The second kappa shape index (κ2) is 9.66. The van der Waals surface area contributed by atoms with Gasteiger partial charge in [-0.05, 0) is 19.8 Å². The van der Waals surface area contributed by atoms with Crippen LogP contribution >= 0.6 is 7.60 Å². The molecule has 0 saturated heterocycles. The molecule has 17 heavy (non-hydrogen) atoms. The molecular formula is C11H24NO4P. The van der Waals surface area contributed by atoms with Gasteiger partial charge in [0.15, 0.2) is 0 Å². The van der Waals surface area contributed by atoms with Gasteiger partial charge in [-0.3, -0.25) is 4.57 Å². The van der Waals surface area contributed by atoms with E-state index in [-0.39, 0.29) is 19.3 Å². The molecule has 3 N–H and O–H groups in total. The lowest BCUT2D eigenvalue weighted by molar-refractivity contribution is 0.218. The van der Waals surface area contributed by atoms with Crippen LogP contribution in [0.2, 0.25) is 0 Å². The summed E-state index contributed by atoms with van der Waals surface area (Å²) in [5, 5.41) is 0. The molecule has 102 valence electrons. The summed E-state index contributed by atoms with van der Waals surface area (Å²) in [6, 6.07) is 0. The summed E-state index contributed by atoms with van der Waals surface area (Å²) >= 11 is 0. The third-order valence-corrected chi connectivity index (χ3v) is 3.62. The molecule has 0 rings (SSSR count). The Bertz CT molecular complexity index is 258. The fourth-order valence-corrected chi connectivity index (χ4v) is 2.49. The van der Waals surface area contributed by atoms with Gasteiger partial charge in [-0.1, -0.05) is 13.0 Å². The summed E-state index contributed by atoms with van der Waals surface area (Å²) in [4.78, 5) is 9.37. The van der Waals surface area contributed by atoms with Crippen LogP contribution in [-0.4, -0.2) is 30.8 Å². The standard InChI is InChI=1S/C11H24NO4P/c1-3-15-11(2)7-5-4-6-10-17(13,14)16-9-8-12/h2-10,12H2,1H3,(H,13,14). The molecule has 0 amide bonds. The Labute approximate surface area is 104 Å². The quantitative estimate of drug-likeness (QED) is 0.340.